The van der Waals surface area contributed by atoms with Crippen molar-refractivity contribution in [1.29, 1.82) is 0 Å². The molecule has 1 N–H and O–H groups in total. The third-order valence-electron chi connectivity index (χ3n) is 2.68. The fourth-order valence-corrected chi connectivity index (χ4v) is 3.35. The first-order valence-corrected chi connectivity index (χ1v) is 5.90. The van der Waals surface area contributed by atoms with E-state index in [1.165, 1.54) is 6.42 Å². The lowest BCUT2D eigenvalue weighted by Crippen LogP contribution is -2.54. The van der Waals surface area contributed by atoms with Gasteiger partial charge in [-0.15, -0.1) is 11.8 Å². The molecule has 78 valence electrons. The summed E-state index contributed by atoms with van der Waals surface area (Å²) in [6, 6.07) is 0. The standard InChI is InChI=1S/C10H21NOS/c1-8(2)10(7-12-4)11-6-5-9(3)13-10/h8-9,11H,5-7H2,1-4H3. The molecule has 0 amide bonds. The molecule has 2 nitrogen and oxygen atoms in total. The van der Waals surface area contributed by atoms with Gasteiger partial charge in [0.05, 0.1) is 11.5 Å². The Morgan fingerprint density at radius 1 is 1.62 bits per heavy atom. The Bertz CT molecular complexity index is 159. The lowest BCUT2D eigenvalue weighted by Gasteiger charge is -2.43. The molecule has 3 heteroatoms. The Labute approximate surface area is 85.8 Å². The molecule has 0 aromatic heterocycles. The molecule has 0 spiro atoms. The van der Waals surface area contributed by atoms with E-state index in [2.05, 4.69) is 26.1 Å². The highest BCUT2D eigenvalue weighted by atomic mass is 32.2. The lowest BCUT2D eigenvalue weighted by molar-refractivity contribution is 0.127. The van der Waals surface area contributed by atoms with Gasteiger partial charge in [0.1, 0.15) is 0 Å². The Morgan fingerprint density at radius 2 is 2.31 bits per heavy atom. The Hall–Kier alpha value is 0.270. The van der Waals surface area contributed by atoms with E-state index in [4.69, 9.17) is 4.74 Å². The number of methoxy groups -OCH3 is 1. The van der Waals surface area contributed by atoms with Gasteiger partial charge in [0.2, 0.25) is 0 Å². The molecule has 0 bridgehead atoms. The second-order valence-electron chi connectivity index (χ2n) is 4.12. The summed E-state index contributed by atoms with van der Waals surface area (Å²) < 4.78 is 5.31. The second kappa shape index (κ2) is 4.67. The zero-order valence-corrected chi connectivity index (χ0v) is 9.91. The third-order valence-corrected chi connectivity index (χ3v) is 4.47. The van der Waals surface area contributed by atoms with E-state index in [9.17, 15) is 0 Å². The minimum Gasteiger partial charge on any atom is -0.382 e. The van der Waals surface area contributed by atoms with Crippen LogP contribution in [0.4, 0.5) is 0 Å². The van der Waals surface area contributed by atoms with Gasteiger partial charge in [0.15, 0.2) is 0 Å². The van der Waals surface area contributed by atoms with Gasteiger partial charge in [0.25, 0.3) is 0 Å². The Kier molecular flexibility index (Phi) is 4.07. The Morgan fingerprint density at radius 3 is 2.77 bits per heavy atom. The van der Waals surface area contributed by atoms with Crippen molar-refractivity contribution >= 4 is 11.8 Å². The molecule has 2 unspecified atom stereocenters. The molecule has 0 aliphatic carbocycles. The quantitative estimate of drug-likeness (QED) is 0.759. The highest BCUT2D eigenvalue weighted by Crippen LogP contribution is 2.38. The number of nitrogens with one attached hydrogen (secondary N) is 1. The Balaban J connectivity index is 2.64. The average molecular weight is 203 g/mol. The fraction of sp³-hybridized carbons (Fsp3) is 1.00. The van der Waals surface area contributed by atoms with Gasteiger partial charge in [0, 0.05) is 12.4 Å². The summed E-state index contributed by atoms with van der Waals surface area (Å²) in [6.07, 6.45) is 1.27. The van der Waals surface area contributed by atoms with Crippen LogP contribution >= 0.6 is 11.8 Å². The van der Waals surface area contributed by atoms with Crippen molar-refractivity contribution < 1.29 is 4.74 Å². The second-order valence-corrected chi connectivity index (χ2v) is 5.89. The van der Waals surface area contributed by atoms with E-state index in [1.807, 2.05) is 11.8 Å². The van der Waals surface area contributed by atoms with Gasteiger partial charge in [-0.05, 0) is 18.9 Å². The molecule has 0 aromatic rings. The van der Waals surface area contributed by atoms with E-state index < -0.39 is 0 Å². The van der Waals surface area contributed by atoms with Gasteiger partial charge < -0.3 is 10.1 Å². The van der Waals surface area contributed by atoms with Crippen molar-refractivity contribution in [3.05, 3.63) is 0 Å². The summed E-state index contributed by atoms with van der Waals surface area (Å²) in [6.45, 7) is 8.75. The monoisotopic (exact) mass is 203 g/mol. The highest BCUT2D eigenvalue weighted by Gasteiger charge is 2.38. The van der Waals surface area contributed by atoms with Crippen LogP contribution < -0.4 is 5.32 Å². The van der Waals surface area contributed by atoms with Gasteiger partial charge in [-0.3, -0.25) is 0 Å². The van der Waals surface area contributed by atoms with E-state index in [0.717, 1.165) is 18.4 Å². The highest BCUT2D eigenvalue weighted by molar-refractivity contribution is 8.01. The molecule has 13 heavy (non-hydrogen) atoms. The van der Waals surface area contributed by atoms with Crippen LogP contribution in [0, 0.1) is 5.92 Å². The van der Waals surface area contributed by atoms with Crippen molar-refractivity contribution in [3.63, 3.8) is 0 Å². The van der Waals surface area contributed by atoms with Crippen LogP contribution in [-0.4, -0.2) is 30.4 Å². The van der Waals surface area contributed by atoms with Crippen LogP contribution in [0.5, 0.6) is 0 Å². The molecule has 1 heterocycles. The first-order chi connectivity index (χ1) is 6.10. The summed E-state index contributed by atoms with van der Waals surface area (Å²) in [5, 5.41) is 4.35. The van der Waals surface area contributed by atoms with Gasteiger partial charge in [-0.1, -0.05) is 20.8 Å². The van der Waals surface area contributed by atoms with Crippen LogP contribution in [0.15, 0.2) is 0 Å². The van der Waals surface area contributed by atoms with Crippen LogP contribution in [0.25, 0.3) is 0 Å². The number of thioether (sulfide) groups is 1. The maximum absolute atomic E-state index is 5.31. The molecule has 2 atom stereocenters. The topological polar surface area (TPSA) is 21.3 Å². The first-order valence-electron chi connectivity index (χ1n) is 5.02. The van der Waals surface area contributed by atoms with Crippen LogP contribution in [0.1, 0.15) is 27.2 Å². The molecular formula is C10H21NOS. The molecule has 0 aromatic carbocycles. The van der Waals surface area contributed by atoms with Crippen molar-refractivity contribution in [2.24, 2.45) is 5.92 Å². The number of hydrogen-bond acceptors (Lipinski definition) is 3. The van der Waals surface area contributed by atoms with E-state index in [1.54, 1.807) is 7.11 Å². The largest absolute Gasteiger partial charge is 0.382 e. The van der Waals surface area contributed by atoms with Crippen molar-refractivity contribution in [3.8, 4) is 0 Å². The molecule has 1 fully saturated rings. The minimum absolute atomic E-state index is 0.145. The minimum atomic E-state index is 0.145. The molecule has 0 radical (unpaired) electrons. The molecule has 0 saturated carbocycles. The lowest BCUT2D eigenvalue weighted by atomic mass is 10.0. The molecule has 1 saturated heterocycles. The van der Waals surface area contributed by atoms with Crippen molar-refractivity contribution in [1.82, 2.24) is 5.32 Å². The first kappa shape index (κ1) is 11.3. The SMILES string of the molecule is COCC1(C(C)C)NCCC(C)S1. The van der Waals surface area contributed by atoms with Crippen molar-refractivity contribution in [2.45, 2.75) is 37.3 Å². The summed E-state index contributed by atoms with van der Waals surface area (Å²) >= 11 is 2.03. The van der Waals surface area contributed by atoms with Gasteiger partial charge in [-0.2, -0.15) is 0 Å². The van der Waals surface area contributed by atoms with Gasteiger partial charge in [-0.25, -0.2) is 0 Å². The summed E-state index contributed by atoms with van der Waals surface area (Å²) in [4.78, 5) is 0.145. The normalized spacial score (nSPS) is 35.3. The predicted octanol–water partition coefficient (Wildman–Crippen LogP) is 2.10. The van der Waals surface area contributed by atoms with Crippen LogP contribution in [-0.2, 0) is 4.74 Å². The zero-order chi connectivity index (χ0) is 9.90. The van der Waals surface area contributed by atoms with Gasteiger partial charge >= 0.3 is 0 Å². The number of hydrogen-bond donors (Lipinski definition) is 1. The fourth-order valence-electron chi connectivity index (χ4n) is 1.75. The summed E-state index contributed by atoms with van der Waals surface area (Å²) in [5.74, 6) is 0.611. The van der Waals surface area contributed by atoms with E-state index in [0.29, 0.717) is 5.92 Å². The summed E-state index contributed by atoms with van der Waals surface area (Å²) in [5.41, 5.74) is 0. The zero-order valence-electron chi connectivity index (χ0n) is 9.09. The molecule has 1 rings (SSSR count). The average Bonchev–Trinajstić information content (AvgIpc) is 2.04. The third kappa shape index (κ3) is 2.61. The smallest absolute Gasteiger partial charge is 0.0907 e. The number of ether oxygens (including phenoxy) is 1. The van der Waals surface area contributed by atoms with Crippen molar-refractivity contribution in [2.75, 3.05) is 20.3 Å². The predicted molar refractivity (Wildman–Crippen MR) is 59.1 cm³/mol. The van der Waals surface area contributed by atoms with E-state index >= 15 is 0 Å². The number of rotatable bonds is 3. The molecule has 1 aliphatic rings. The molecule has 1 aliphatic heterocycles. The van der Waals surface area contributed by atoms with Crippen LogP contribution in [0.2, 0.25) is 0 Å². The van der Waals surface area contributed by atoms with E-state index in [-0.39, 0.29) is 4.87 Å². The van der Waals surface area contributed by atoms with Crippen LogP contribution in [0.3, 0.4) is 0 Å². The maximum Gasteiger partial charge on any atom is 0.0907 e. The molecular weight excluding hydrogens is 182 g/mol. The maximum atomic E-state index is 5.31. The summed E-state index contributed by atoms with van der Waals surface area (Å²) in [7, 11) is 1.78.